The first-order valence-electron chi connectivity index (χ1n) is 15.9. The molecule has 1 aromatic heterocycles. The zero-order chi connectivity index (χ0) is 31.0. The Morgan fingerprint density at radius 1 is 0.767 bits per heavy atom. The lowest BCUT2D eigenvalue weighted by molar-refractivity contribution is -0.268. The zero-order valence-corrected chi connectivity index (χ0v) is 27.6. The van der Waals surface area contributed by atoms with Crippen LogP contribution in [0.3, 0.4) is 0 Å². The maximum absolute atomic E-state index is 13.4. The Bertz CT molecular complexity index is 1090. The molecule has 2 aromatic rings. The Morgan fingerprint density at radius 3 is 1.98 bits per heavy atom. The molecule has 10 heteroatoms. The second kappa shape index (κ2) is 19.7. The highest BCUT2D eigenvalue weighted by atomic mass is 35.5. The van der Waals surface area contributed by atoms with Crippen LogP contribution in [-0.2, 0) is 23.7 Å². The van der Waals surface area contributed by atoms with Crippen molar-refractivity contribution in [1.29, 1.82) is 0 Å². The van der Waals surface area contributed by atoms with Crippen molar-refractivity contribution in [2.45, 2.75) is 110 Å². The van der Waals surface area contributed by atoms with E-state index in [2.05, 4.69) is 37.9 Å². The number of ether oxygens (including phenoxy) is 5. The van der Waals surface area contributed by atoms with Crippen molar-refractivity contribution in [2.75, 3.05) is 33.0 Å². The van der Waals surface area contributed by atoms with Crippen LogP contribution in [0.5, 0.6) is 0 Å². The van der Waals surface area contributed by atoms with Gasteiger partial charge in [-0.25, -0.2) is 0 Å². The van der Waals surface area contributed by atoms with Crippen LogP contribution in [0.15, 0.2) is 30.3 Å². The highest BCUT2D eigenvalue weighted by molar-refractivity contribution is 6.35. The van der Waals surface area contributed by atoms with Gasteiger partial charge in [-0.15, -0.1) is 10.2 Å². The molecule has 3 rings (SSSR count). The van der Waals surface area contributed by atoms with Crippen LogP contribution in [0.4, 0.5) is 0 Å². The van der Waals surface area contributed by atoms with Gasteiger partial charge >= 0.3 is 0 Å². The normalized spacial score (nSPS) is 22.1. The van der Waals surface area contributed by atoms with E-state index in [4.69, 9.17) is 46.9 Å². The number of aromatic nitrogens is 2. The fourth-order valence-corrected chi connectivity index (χ4v) is 5.20. The number of halogens is 2. The molecule has 0 saturated carbocycles. The minimum absolute atomic E-state index is 0.149. The van der Waals surface area contributed by atoms with Gasteiger partial charge in [0, 0.05) is 32.0 Å². The first-order valence-corrected chi connectivity index (χ1v) is 16.6. The highest BCUT2D eigenvalue weighted by Gasteiger charge is 2.48. The summed E-state index contributed by atoms with van der Waals surface area (Å²) in [6.45, 7) is 11.3. The predicted octanol–water partition coefficient (Wildman–Crippen LogP) is 7.83. The van der Waals surface area contributed by atoms with Crippen molar-refractivity contribution in [2.24, 2.45) is 0 Å². The first-order chi connectivity index (χ1) is 20.9. The molecule has 1 fully saturated rings. The maximum atomic E-state index is 13.4. The Balaban J connectivity index is 2.02. The second-order valence-electron chi connectivity index (χ2n) is 10.9. The van der Waals surface area contributed by atoms with Gasteiger partial charge in [-0.3, -0.25) is 4.79 Å². The van der Waals surface area contributed by atoms with Crippen LogP contribution in [0.2, 0.25) is 10.2 Å². The SMILES string of the molecule is CCCCOC[C@H]1OC(c2ccc(Cl)c(C(=O)c3ccc(Cl)nn3)c2)[C@H](OCCCC)[C@@H](OCCCC)[C@@H]1OCCCC. The van der Waals surface area contributed by atoms with Crippen LogP contribution < -0.4 is 0 Å². The topological polar surface area (TPSA) is 89.0 Å². The monoisotopic (exact) mass is 638 g/mol. The number of hydrogen-bond acceptors (Lipinski definition) is 8. The number of nitrogens with zero attached hydrogens (tertiary/aromatic N) is 2. The van der Waals surface area contributed by atoms with E-state index in [0.29, 0.717) is 43.6 Å². The number of unbranched alkanes of at least 4 members (excludes halogenated alkanes) is 4. The van der Waals surface area contributed by atoms with Crippen LogP contribution >= 0.6 is 23.2 Å². The van der Waals surface area contributed by atoms with E-state index in [1.165, 1.54) is 12.1 Å². The molecule has 5 atom stereocenters. The number of benzene rings is 1. The molecule has 1 aliphatic rings. The summed E-state index contributed by atoms with van der Waals surface area (Å²) in [7, 11) is 0. The third-order valence-corrected chi connectivity index (χ3v) is 7.94. The molecule has 0 spiro atoms. The summed E-state index contributed by atoms with van der Waals surface area (Å²) in [5.41, 5.74) is 1.20. The molecule has 240 valence electrons. The molecule has 1 saturated heterocycles. The van der Waals surface area contributed by atoms with Crippen molar-refractivity contribution >= 4 is 29.0 Å². The molecule has 0 amide bonds. The number of carbonyl (C=O) groups is 1. The molecular weight excluding hydrogens is 591 g/mol. The average Bonchev–Trinajstić information content (AvgIpc) is 3.01. The van der Waals surface area contributed by atoms with E-state index >= 15 is 0 Å². The summed E-state index contributed by atoms with van der Waals surface area (Å²) in [4.78, 5) is 13.4. The lowest BCUT2D eigenvalue weighted by Crippen LogP contribution is -2.58. The Kier molecular flexibility index (Phi) is 16.4. The second-order valence-corrected chi connectivity index (χ2v) is 11.7. The van der Waals surface area contributed by atoms with Crippen LogP contribution in [0.25, 0.3) is 0 Å². The molecule has 1 aliphatic heterocycles. The van der Waals surface area contributed by atoms with Gasteiger partial charge in [0.1, 0.15) is 36.2 Å². The van der Waals surface area contributed by atoms with E-state index in [1.54, 1.807) is 12.1 Å². The zero-order valence-electron chi connectivity index (χ0n) is 26.1. The standard InChI is InChI=1S/C33H48Cl2N2O6/c1-5-9-17-39-22-27-31(40-18-10-6-2)33(42-20-12-8-4)32(41-19-11-7-3)30(43-27)23-13-14-25(34)24(21-23)29(38)26-15-16-28(35)37-36-26/h13-16,21,27,30-33H,5-12,17-20,22H2,1-4H3/t27-,30?,31-,32+,33+/m1/s1. The Labute approximate surface area is 267 Å². The van der Waals surface area contributed by atoms with Gasteiger partial charge in [0.15, 0.2) is 5.15 Å². The highest BCUT2D eigenvalue weighted by Crippen LogP contribution is 2.39. The molecular formula is C33H48Cl2N2O6. The van der Waals surface area contributed by atoms with Crippen molar-refractivity contribution in [1.82, 2.24) is 10.2 Å². The molecule has 43 heavy (non-hydrogen) atoms. The third kappa shape index (κ3) is 10.7. The van der Waals surface area contributed by atoms with Gasteiger partial charge < -0.3 is 23.7 Å². The average molecular weight is 640 g/mol. The molecule has 0 N–H and O–H groups in total. The molecule has 0 radical (unpaired) electrons. The van der Waals surface area contributed by atoms with Crippen molar-refractivity contribution in [3.8, 4) is 0 Å². The number of rotatable bonds is 20. The molecule has 8 nitrogen and oxygen atoms in total. The molecule has 0 aliphatic carbocycles. The van der Waals surface area contributed by atoms with Gasteiger partial charge in [0.25, 0.3) is 0 Å². The minimum Gasteiger partial charge on any atom is -0.379 e. The van der Waals surface area contributed by atoms with E-state index in [0.717, 1.165) is 56.9 Å². The third-order valence-electron chi connectivity index (χ3n) is 7.41. The first kappa shape index (κ1) is 35.8. The van der Waals surface area contributed by atoms with E-state index in [1.807, 2.05) is 6.07 Å². The minimum atomic E-state index is -0.547. The Morgan fingerprint density at radius 2 is 1.37 bits per heavy atom. The van der Waals surface area contributed by atoms with Gasteiger partial charge in [-0.05, 0) is 55.5 Å². The van der Waals surface area contributed by atoms with E-state index < -0.39 is 24.4 Å². The molecule has 2 heterocycles. The predicted molar refractivity (Wildman–Crippen MR) is 169 cm³/mol. The van der Waals surface area contributed by atoms with Gasteiger partial charge in [-0.2, -0.15) is 0 Å². The quantitative estimate of drug-likeness (QED) is 0.107. The summed E-state index contributed by atoms with van der Waals surface area (Å²) >= 11 is 12.4. The lowest BCUT2D eigenvalue weighted by atomic mass is 9.89. The summed E-state index contributed by atoms with van der Waals surface area (Å²) in [5.74, 6) is -0.355. The van der Waals surface area contributed by atoms with Crippen LogP contribution in [-0.4, -0.2) is 73.4 Å². The number of ketones is 1. The maximum Gasteiger partial charge on any atom is 0.214 e. The Hall–Kier alpha value is -1.65. The van der Waals surface area contributed by atoms with Crippen molar-refractivity contribution in [3.05, 3.63) is 57.3 Å². The van der Waals surface area contributed by atoms with Gasteiger partial charge in [0.05, 0.1) is 11.6 Å². The molecule has 1 aromatic carbocycles. The number of hydrogen-bond donors (Lipinski definition) is 0. The lowest BCUT2D eigenvalue weighted by Gasteiger charge is -2.46. The van der Waals surface area contributed by atoms with Crippen molar-refractivity contribution < 1.29 is 28.5 Å². The van der Waals surface area contributed by atoms with Gasteiger partial charge in [-0.1, -0.05) is 82.6 Å². The summed E-state index contributed by atoms with van der Waals surface area (Å²) in [6, 6.07) is 8.42. The van der Waals surface area contributed by atoms with Crippen LogP contribution in [0.1, 0.15) is 107 Å². The largest absolute Gasteiger partial charge is 0.379 e. The molecule has 1 unspecified atom stereocenters. The van der Waals surface area contributed by atoms with Gasteiger partial charge in [0.2, 0.25) is 5.78 Å². The smallest absolute Gasteiger partial charge is 0.214 e. The van der Waals surface area contributed by atoms with Crippen molar-refractivity contribution in [3.63, 3.8) is 0 Å². The fourth-order valence-electron chi connectivity index (χ4n) is 4.90. The summed E-state index contributed by atoms with van der Waals surface area (Å²) in [5, 5.41) is 8.29. The van der Waals surface area contributed by atoms with E-state index in [-0.39, 0.29) is 22.7 Å². The van der Waals surface area contributed by atoms with E-state index in [9.17, 15) is 4.79 Å². The summed E-state index contributed by atoms with van der Waals surface area (Å²) < 4.78 is 32.6. The fraction of sp³-hybridized carbons (Fsp3) is 0.667. The summed E-state index contributed by atoms with van der Waals surface area (Å²) in [6.07, 6.45) is 5.60. The molecule has 0 bridgehead atoms. The number of carbonyl (C=O) groups excluding carboxylic acids is 1. The van der Waals surface area contributed by atoms with Crippen LogP contribution in [0, 0.1) is 0 Å².